The van der Waals surface area contributed by atoms with Gasteiger partial charge in [-0.1, -0.05) is 23.7 Å². The fourth-order valence-corrected chi connectivity index (χ4v) is 2.12. The highest BCUT2D eigenvalue weighted by Crippen LogP contribution is 2.23. The summed E-state index contributed by atoms with van der Waals surface area (Å²) in [5, 5.41) is 3.84. The maximum Gasteiger partial charge on any atom is 0.147 e. The van der Waals surface area contributed by atoms with E-state index in [0.29, 0.717) is 17.8 Å². The highest BCUT2D eigenvalue weighted by atomic mass is 35.5. The summed E-state index contributed by atoms with van der Waals surface area (Å²) >= 11 is 5.95. The van der Waals surface area contributed by atoms with Gasteiger partial charge in [-0.2, -0.15) is 0 Å². The van der Waals surface area contributed by atoms with Gasteiger partial charge in [-0.05, 0) is 38.1 Å². The maximum absolute atomic E-state index is 5.95. The lowest BCUT2D eigenvalue weighted by atomic mass is 10.1. The molecule has 4 nitrogen and oxygen atoms in total. The van der Waals surface area contributed by atoms with Crippen LogP contribution in [-0.2, 0) is 13.7 Å². The van der Waals surface area contributed by atoms with E-state index in [0.717, 1.165) is 17.1 Å². The summed E-state index contributed by atoms with van der Waals surface area (Å²) in [6.45, 7) is 4.59. The lowest BCUT2D eigenvalue weighted by Gasteiger charge is -2.14. The summed E-state index contributed by atoms with van der Waals surface area (Å²) in [6.07, 6.45) is 1.63. The molecule has 1 unspecified atom stereocenters. The van der Waals surface area contributed by atoms with Gasteiger partial charge in [-0.25, -0.2) is 4.98 Å². The first-order chi connectivity index (χ1) is 9.52. The first kappa shape index (κ1) is 14.9. The van der Waals surface area contributed by atoms with Crippen LogP contribution in [0.2, 0.25) is 5.15 Å². The number of nitrogens with zero attached hydrogens (tertiary/aromatic N) is 2. The van der Waals surface area contributed by atoms with Crippen molar-refractivity contribution in [1.82, 2.24) is 14.9 Å². The van der Waals surface area contributed by atoms with Crippen molar-refractivity contribution in [2.24, 2.45) is 7.05 Å². The van der Waals surface area contributed by atoms with Crippen molar-refractivity contribution in [3.05, 3.63) is 46.5 Å². The number of halogens is 1. The number of imidazole rings is 1. The molecule has 5 heteroatoms. The van der Waals surface area contributed by atoms with Gasteiger partial charge in [0.25, 0.3) is 0 Å². The molecule has 1 atom stereocenters. The Morgan fingerprint density at radius 2 is 2.20 bits per heavy atom. The molecule has 0 radical (unpaired) electrons. The van der Waals surface area contributed by atoms with Gasteiger partial charge in [0.1, 0.15) is 23.3 Å². The van der Waals surface area contributed by atoms with Crippen LogP contribution >= 0.6 is 11.6 Å². The van der Waals surface area contributed by atoms with Crippen molar-refractivity contribution >= 4 is 11.6 Å². The number of nitrogens with one attached hydrogen (secondary N) is 1. The third-order valence-electron chi connectivity index (χ3n) is 3.52. The summed E-state index contributed by atoms with van der Waals surface area (Å²) in [4.78, 5) is 4.22. The zero-order valence-corrected chi connectivity index (χ0v) is 13.0. The second kappa shape index (κ2) is 6.29. The van der Waals surface area contributed by atoms with Gasteiger partial charge in [0.05, 0.1) is 6.20 Å². The summed E-state index contributed by atoms with van der Waals surface area (Å²) in [7, 11) is 3.83. The molecule has 0 spiro atoms. The number of rotatable bonds is 5. The molecule has 0 amide bonds. The first-order valence-electron chi connectivity index (χ1n) is 6.59. The monoisotopic (exact) mass is 293 g/mol. The smallest absolute Gasteiger partial charge is 0.147 e. The van der Waals surface area contributed by atoms with Crippen LogP contribution in [0.5, 0.6) is 5.75 Å². The maximum atomic E-state index is 5.95. The van der Waals surface area contributed by atoms with Gasteiger partial charge < -0.3 is 14.6 Å². The molecule has 0 aliphatic carbocycles. The Labute approximate surface area is 124 Å². The molecule has 20 heavy (non-hydrogen) atoms. The number of benzene rings is 1. The SMILES string of the molecule is CNC(C)c1ccc(OCc2ncc(Cl)n2C)c(C)c1. The molecule has 1 heterocycles. The van der Waals surface area contributed by atoms with E-state index in [1.807, 2.05) is 31.7 Å². The van der Waals surface area contributed by atoms with Crippen LogP contribution in [0.15, 0.2) is 24.4 Å². The second-order valence-electron chi connectivity index (χ2n) is 4.88. The van der Waals surface area contributed by atoms with E-state index in [9.17, 15) is 0 Å². The van der Waals surface area contributed by atoms with E-state index in [2.05, 4.69) is 29.4 Å². The summed E-state index contributed by atoms with van der Waals surface area (Å²) < 4.78 is 7.64. The van der Waals surface area contributed by atoms with Crippen LogP contribution in [0.3, 0.4) is 0 Å². The number of aromatic nitrogens is 2. The van der Waals surface area contributed by atoms with Gasteiger partial charge in [0.2, 0.25) is 0 Å². The Hall–Kier alpha value is -1.52. The highest BCUT2D eigenvalue weighted by Gasteiger charge is 2.08. The molecule has 108 valence electrons. The third kappa shape index (κ3) is 3.14. The van der Waals surface area contributed by atoms with Crippen LogP contribution < -0.4 is 10.1 Å². The van der Waals surface area contributed by atoms with Crippen LogP contribution in [0.4, 0.5) is 0 Å². The normalized spacial score (nSPS) is 12.4. The number of ether oxygens (including phenoxy) is 1. The van der Waals surface area contributed by atoms with Gasteiger partial charge >= 0.3 is 0 Å². The van der Waals surface area contributed by atoms with Gasteiger partial charge in [0, 0.05) is 13.1 Å². The molecule has 0 bridgehead atoms. The van der Waals surface area contributed by atoms with Crippen LogP contribution in [0, 0.1) is 6.92 Å². The molecule has 0 aliphatic rings. The average Bonchev–Trinajstić information content (AvgIpc) is 2.76. The van der Waals surface area contributed by atoms with Gasteiger partial charge in [-0.15, -0.1) is 0 Å². The molecule has 1 aromatic carbocycles. The van der Waals surface area contributed by atoms with Crippen molar-refractivity contribution in [3.63, 3.8) is 0 Å². The average molecular weight is 294 g/mol. The lowest BCUT2D eigenvalue weighted by Crippen LogP contribution is -2.12. The zero-order valence-electron chi connectivity index (χ0n) is 12.3. The Morgan fingerprint density at radius 3 is 2.75 bits per heavy atom. The standard InChI is InChI=1S/C15H20ClN3O/c1-10-7-12(11(2)17-3)5-6-13(10)20-9-15-18-8-14(16)19(15)4/h5-8,11,17H,9H2,1-4H3. The minimum Gasteiger partial charge on any atom is -0.485 e. The van der Waals surface area contributed by atoms with E-state index < -0.39 is 0 Å². The Balaban J connectivity index is 2.08. The Bertz CT molecular complexity index is 595. The third-order valence-corrected chi connectivity index (χ3v) is 3.87. The number of aryl methyl sites for hydroxylation is 1. The van der Waals surface area contributed by atoms with Crippen molar-refractivity contribution in [3.8, 4) is 5.75 Å². The summed E-state index contributed by atoms with van der Waals surface area (Å²) in [6, 6.07) is 6.55. The molecule has 1 N–H and O–H groups in total. The van der Waals surface area contributed by atoms with Crippen molar-refractivity contribution in [2.45, 2.75) is 26.5 Å². The van der Waals surface area contributed by atoms with Crippen LogP contribution in [0.25, 0.3) is 0 Å². The molecule has 1 aromatic heterocycles. The molecule has 2 rings (SSSR count). The number of hydrogen-bond donors (Lipinski definition) is 1. The summed E-state index contributed by atoms with van der Waals surface area (Å²) in [5.74, 6) is 1.68. The topological polar surface area (TPSA) is 39.1 Å². The van der Waals surface area contributed by atoms with E-state index in [1.165, 1.54) is 5.56 Å². The second-order valence-corrected chi connectivity index (χ2v) is 5.27. The quantitative estimate of drug-likeness (QED) is 0.920. The van der Waals surface area contributed by atoms with Crippen LogP contribution in [0.1, 0.15) is 29.9 Å². The number of hydrogen-bond acceptors (Lipinski definition) is 3. The molecule has 0 fully saturated rings. The predicted octanol–water partition coefficient (Wildman–Crippen LogP) is 3.24. The van der Waals surface area contributed by atoms with Crippen molar-refractivity contribution in [2.75, 3.05) is 7.05 Å². The molecule has 0 saturated heterocycles. The van der Waals surface area contributed by atoms with Crippen molar-refractivity contribution < 1.29 is 4.74 Å². The lowest BCUT2D eigenvalue weighted by molar-refractivity contribution is 0.289. The Kier molecular flexibility index (Phi) is 4.68. The fraction of sp³-hybridized carbons (Fsp3) is 0.400. The van der Waals surface area contributed by atoms with E-state index in [4.69, 9.17) is 16.3 Å². The van der Waals surface area contributed by atoms with Gasteiger partial charge in [0.15, 0.2) is 0 Å². The minimum atomic E-state index is 0.330. The first-order valence-corrected chi connectivity index (χ1v) is 6.97. The molecule has 0 saturated carbocycles. The van der Waals surface area contributed by atoms with Crippen molar-refractivity contribution in [1.29, 1.82) is 0 Å². The molecule has 2 aromatic rings. The van der Waals surface area contributed by atoms with E-state index in [-0.39, 0.29) is 0 Å². The largest absolute Gasteiger partial charge is 0.485 e. The summed E-state index contributed by atoms with van der Waals surface area (Å²) in [5.41, 5.74) is 2.36. The van der Waals surface area contributed by atoms with Crippen LogP contribution in [-0.4, -0.2) is 16.6 Å². The highest BCUT2D eigenvalue weighted by molar-refractivity contribution is 6.29. The minimum absolute atomic E-state index is 0.330. The van der Waals surface area contributed by atoms with E-state index >= 15 is 0 Å². The fourth-order valence-electron chi connectivity index (χ4n) is 1.97. The van der Waals surface area contributed by atoms with E-state index in [1.54, 1.807) is 6.20 Å². The zero-order chi connectivity index (χ0) is 14.7. The molecule has 0 aliphatic heterocycles. The Morgan fingerprint density at radius 1 is 1.45 bits per heavy atom. The molecular weight excluding hydrogens is 274 g/mol. The molecular formula is C15H20ClN3O. The predicted molar refractivity (Wildman–Crippen MR) is 81.2 cm³/mol. The van der Waals surface area contributed by atoms with Gasteiger partial charge in [-0.3, -0.25) is 0 Å².